The third-order valence-electron chi connectivity index (χ3n) is 9.71. The number of carbonyl (C=O) groups excluding carboxylic acids is 1. The first-order valence-corrected chi connectivity index (χ1v) is 24.2. The minimum Gasteiger partial charge on any atom is -0.387 e. The van der Waals surface area contributed by atoms with Gasteiger partial charge in [0.2, 0.25) is 5.91 Å². The van der Waals surface area contributed by atoms with Crippen molar-refractivity contribution in [2.45, 2.75) is 193 Å². The highest BCUT2D eigenvalue weighted by Crippen LogP contribution is 2.43. The van der Waals surface area contributed by atoms with Crippen molar-refractivity contribution < 1.29 is 32.9 Å². The highest BCUT2D eigenvalue weighted by atomic mass is 31.2. The summed E-state index contributed by atoms with van der Waals surface area (Å²) in [5.74, 6) is -0.199. The Bertz CT molecular complexity index is 1100. The molecule has 56 heavy (non-hydrogen) atoms. The highest BCUT2D eigenvalue weighted by Gasteiger charge is 2.27. The lowest BCUT2D eigenvalue weighted by molar-refractivity contribution is -0.870. The van der Waals surface area contributed by atoms with Gasteiger partial charge in [-0.05, 0) is 70.6 Å². The van der Waals surface area contributed by atoms with E-state index in [0.717, 1.165) is 57.8 Å². The molecule has 0 aliphatic heterocycles. The van der Waals surface area contributed by atoms with Crippen molar-refractivity contribution in [1.82, 2.24) is 5.32 Å². The lowest BCUT2D eigenvalue weighted by Crippen LogP contribution is -2.45. The van der Waals surface area contributed by atoms with Crippen LogP contribution < -0.4 is 5.32 Å². The maximum absolute atomic E-state index is 12.9. The number of unbranched alkanes of at least 4 members (excludes halogenated alkanes) is 19. The topological polar surface area (TPSA) is 105 Å². The number of phosphoric acid groups is 1. The summed E-state index contributed by atoms with van der Waals surface area (Å²) in [6.07, 6.45) is 50.1. The molecule has 0 aromatic heterocycles. The van der Waals surface area contributed by atoms with E-state index in [2.05, 4.69) is 67.8 Å². The Morgan fingerprint density at radius 1 is 0.607 bits per heavy atom. The van der Waals surface area contributed by atoms with Crippen LogP contribution in [0.3, 0.4) is 0 Å². The Kier molecular flexibility index (Phi) is 37.5. The van der Waals surface area contributed by atoms with Gasteiger partial charge in [-0.3, -0.25) is 13.8 Å². The zero-order valence-corrected chi connectivity index (χ0v) is 37.8. The van der Waals surface area contributed by atoms with Crippen molar-refractivity contribution in [2.75, 3.05) is 40.9 Å². The number of carbonyl (C=O) groups is 1. The van der Waals surface area contributed by atoms with Crippen LogP contribution in [-0.4, -0.2) is 73.4 Å². The number of nitrogens with zero attached hydrogens (tertiary/aromatic N) is 1. The van der Waals surface area contributed by atoms with Crippen LogP contribution in [0.4, 0.5) is 0 Å². The maximum Gasteiger partial charge on any atom is 0.472 e. The number of rotatable bonds is 40. The molecular formula is C47H88N2O6P+. The summed E-state index contributed by atoms with van der Waals surface area (Å²) in [6, 6.07) is -0.867. The van der Waals surface area contributed by atoms with Crippen molar-refractivity contribution in [3.63, 3.8) is 0 Å². The van der Waals surface area contributed by atoms with E-state index >= 15 is 0 Å². The number of hydrogen-bond acceptors (Lipinski definition) is 5. The zero-order valence-electron chi connectivity index (χ0n) is 36.9. The van der Waals surface area contributed by atoms with Crippen LogP contribution in [0.5, 0.6) is 0 Å². The van der Waals surface area contributed by atoms with E-state index in [-0.39, 0.29) is 19.1 Å². The largest absolute Gasteiger partial charge is 0.472 e. The van der Waals surface area contributed by atoms with Crippen molar-refractivity contribution >= 4 is 13.7 Å². The summed E-state index contributed by atoms with van der Waals surface area (Å²) in [4.78, 5) is 23.1. The zero-order chi connectivity index (χ0) is 41.4. The molecule has 3 unspecified atom stereocenters. The van der Waals surface area contributed by atoms with Gasteiger partial charge in [0.1, 0.15) is 13.2 Å². The molecule has 0 radical (unpaired) electrons. The Labute approximate surface area is 345 Å². The standard InChI is InChI=1S/C47H87N2O6P/c1-6-8-10-12-14-16-18-19-20-21-22-23-24-25-26-27-28-29-31-33-35-37-39-41-47(51)48-45(44-55-56(52,53)54-43-42-49(3,4)5)46(50)40-38-36-34-32-30-17-15-13-11-9-7-2/h18-19,21-22,24-25,30,32,38,40,45-46,50H,6-17,20,23,26-29,31,33-37,39,41-44H2,1-5H3,(H-,48,51,52,53)/p+1/b19-18-,22-21-,25-24-,32-30+,40-38+. The van der Waals surface area contributed by atoms with Gasteiger partial charge >= 0.3 is 7.82 Å². The van der Waals surface area contributed by atoms with E-state index in [1.807, 2.05) is 27.2 Å². The molecule has 0 bridgehead atoms. The van der Waals surface area contributed by atoms with Gasteiger partial charge in [-0.15, -0.1) is 0 Å². The number of aliphatic hydroxyl groups is 1. The fraction of sp³-hybridized carbons (Fsp3) is 0.766. The molecule has 0 spiro atoms. The molecule has 0 aliphatic rings. The van der Waals surface area contributed by atoms with Crippen molar-refractivity contribution in [2.24, 2.45) is 0 Å². The second-order valence-electron chi connectivity index (χ2n) is 16.4. The van der Waals surface area contributed by atoms with Crippen LogP contribution in [0.2, 0.25) is 0 Å². The minimum atomic E-state index is -4.35. The fourth-order valence-corrected chi connectivity index (χ4v) is 6.80. The van der Waals surface area contributed by atoms with Crippen LogP contribution in [-0.2, 0) is 18.4 Å². The Balaban J connectivity index is 4.35. The molecule has 8 nitrogen and oxygen atoms in total. The smallest absolute Gasteiger partial charge is 0.387 e. The molecule has 3 atom stereocenters. The van der Waals surface area contributed by atoms with Crippen LogP contribution in [0.25, 0.3) is 0 Å². The lowest BCUT2D eigenvalue weighted by Gasteiger charge is -2.25. The number of quaternary nitrogens is 1. The van der Waals surface area contributed by atoms with Gasteiger partial charge in [0.05, 0.1) is 39.9 Å². The summed E-state index contributed by atoms with van der Waals surface area (Å²) < 4.78 is 23.5. The first kappa shape index (κ1) is 54.2. The minimum absolute atomic E-state index is 0.0519. The SMILES string of the molecule is CCCCCCC/C=C\C/C=C\C/C=C\CCCCCCCCCCC(=O)NC(COP(=O)(O)OCC[N+](C)(C)C)C(O)/C=C/CC/C=C/CCCCCCC. The number of hydrogen-bond donors (Lipinski definition) is 3. The van der Waals surface area contributed by atoms with Gasteiger partial charge in [0, 0.05) is 6.42 Å². The van der Waals surface area contributed by atoms with E-state index in [1.165, 1.54) is 103 Å². The molecule has 1 amide bonds. The summed E-state index contributed by atoms with van der Waals surface area (Å²) in [6.45, 7) is 4.73. The second-order valence-corrected chi connectivity index (χ2v) is 17.9. The van der Waals surface area contributed by atoms with Crippen LogP contribution >= 0.6 is 7.82 Å². The molecular weight excluding hydrogens is 719 g/mol. The van der Waals surface area contributed by atoms with Gasteiger partial charge in [-0.25, -0.2) is 4.57 Å². The number of allylic oxidation sites excluding steroid dienone is 9. The van der Waals surface area contributed by atoms with Crippen molar-refractivity contribution in [1.29, 1.82) is 0 Å². The third-order valence-corrected chi connectivity index (χ3v) is 10.7. The molecule has 0 saturated carbocycles. The molecule has 0 aliphatic carbocycles. The second kappa shape index (κ2) is 38.7. The summed E-state index contributed by atoms with van der Waals surface area (Å²) in [7, 11) is 1.54. The van der Waals surface area contributed by atoms with Gasteiger partial charge in [-0.1, -0.05) is 164 Å². The monoisotopic (exact) mass is 808 g/mol. The van der Waals surface area contributed by atoms with E-state index in [4.69, 9.17) is 9.05 Å². The number of amides is 1. The first-order chi connectivity index (χ1) is 27.0. The van der Waals surface area contributed by atoms with Gasteiger partial charge in [0.15, 0.2) is 0 Å². The predicted molar refractivity (Wildman–Crippen MR) is 240 cm³/mol. The summed E-state index contributed by atoms with van der Waals surface area (Å²) >= 11 is 0. The number of likely N-dealkylation sites (N-methyl/N-ethyl adjacent to an activating group) is 1. The van der Waals surface area contributed by atoms with Gasteiger partial charge in [0.25, 0.3) is 0 Å². The Morgan fingerprint density at radius 3 is 1.55 bits per heavy atom. The number of nitrogens with one attached hydrogen (secondary N) is 1. The number of aliphatic hydroxyl groups excluding tert-OH is 1. The fourth-order valence-electron chi connectivity index (χ4n) is 6.06. The molecule has 0 heterocycles. The summed E-state index contributed by atoms with van der Waals surface area (Å²) in [5, 5.41) is 13.8. The van der Waals surface area contributed by atoms with Crippen LogP contribution in [0, 0.1) is 0 Å². The third kappa shape index (κ3) is 40.4. The van der Waals surface area contributed by atoms with E-state index in [0.29, 0.717) is 17.4 Å². The van der Waals surface area contributed by atoms with Crippen LogP contribution in [0.15, 0.2) is 60.8 Å². The van der Waals surface area contributed by atoms with Crippen molar-refractivity contribution in [3.05, 3.63) is 60.8 Å². The van der Waals surface area contributed by atoms with E-state index in [1.54, 1.807) is 6.08 Å². The lowest BCUT2D eigenvalue weighted by atomic mass is 10.1. The maximum atomic E-state index is 12.9. The van der Waals surface area contributed by atoms with Crippen molar-refractivity contribution in [3.8, 4) is 0 Å². The normalized spacial score (nSPS) is 14.9. The van der Waals surface area contributed by atoms with E-state index in [9.17, 15) is 19.4 Å². The molecule has 0 fully saturated rings. The first-order valence-electron chi connectivity index (χ1n) is 22.7. The highest BCUT2D eigenvalue weighted by molar-refractivity contribution is 7.47. The number of phosphoric ester groups is 1. The summed E-state index contributed by atoms with van der Waals surface area (Å²) in [5.41, 5.74) is 0. The van der Waals surface area contributed by atoms with E-state index < -0.39 is 20.0 Å². The molecule has 9 heteroatoms. The predicted octanol–water partition coefficient (Wildman–Crippen LogP) is 12.6. The van der Waals surface area contributed by atoms with Gasteiger partial charge < -0.3 is 19.8 Å². The Hall–Kier alpha value is -1.80. The average Bonchev–Trinajstić information content (AvgIpc) is 3.15. The van der Waals surface area contributed by atoms with Crippen LogP contribution in [0.1, 0.15) is 181 Å². The van der Waals surface area contributed by atoms with Gasteiger partial charge in [-0.2, -0.15) is 0 Å². The molecule has 3 N–H and O–H groups in total. The quantitative estimate of drug-likeness (QED) is 0.0246. The molecule has 0 aromatic rings. The Morgan fingerprint density at radius 2 is 1.04 bits per heavy atom. The molecule has 326 valence electrons. The average molecular weight is 808 g/mol. The molecule has 0 rings (SSSR count). The molecule has 0 saturated heterocycles. The molecule has 0 aromatic carbocycles.